The Hall–Kier alpha value is -1.33. The molecule has 1 saturated heterocycles. The fourth-order valence-electron chi connectivity index (χ4n) is 11.2. The molecule has 0 radical (unpaired) electrons. The van der Waals surface area contributed by atoms with E-state index in [9.17, 15) is 30.3 Å². The quantitative estimate of drug-likeness (QED) is 0.0261. The largest absolute Gasteiger partial charge is 0.394 e. The summed E-state index contributed by atoms with van der Waals surface area (Å²) in [5, 5.41) is 54.6. The topological polar surface area (TPSA) is 149 Å². The zero-order valence-electron chi connectivity index (χ0n) is 51.0. The fraction of sp³-hybridized carbons (Fsp3) is 0.926. The molecule has 0 spiro atoms. The van der Waals surface area contributed by atoms with Crippen molar-refractivity contribution in [1.82, 2.24) is 5.32 Å². The van der Waals surface area contributed by atoms with Gasteiger partial charge in [-0.1, -0.05) is 321 Å². The van der Waals surface area contributed by atoms with Gasteiger partial charge in [-0.3, -0.25) is 4.79 Å². The number of nitrogens with one attached hydrogen (secondary N) is 1. The first-order valence-corrected chi connectivity index (χ1v) is 34.1. The van der Waals surface area contributed by atoms with Crippen LogP contribution in [-0.2, 0) is 14.3 Å². The Labute approximate surface area is 477 Å². The number of aliphatic hydroxyl groups is 5. The number of carbonyl (C=O) groups is 1. The average molecular weight is 1090 g/mol. The molecule has 0 aromatic rings. The standard InChI is InChI=1S/C68H131NO8/c1-3-5-7-9-11-13-15-17-19-21-22-23-24-25-26-27-28-29-30-31-32-33-34-35-36-37-38-39-40-42-44-46-48-50-52-54-56-58-64(72)69-61(60-76-68-67(75)66(74)65(73)63(59-70)77-68)62(71)57-55-53-51-49-47-45-43-41-20-18-16-14-12-10-8-6-4-2/h29-30,55,57,61-63,65-68,70-71,73-75H,3-28,31-54,56,58-60H2,1-2H3,(H,69,72)/b30-29-,57-55+. The summed E-state index contributed by atoms with van der Waals surface area (Å²) in [4.78, 5) is 13.1. The van der Waals surface area contributed by atoms with Gasteiger partial charge in [-0.05, 0) is 44.9 Å². The van der Waals surface area contributed by atoms with Gasteiger partial charge in [0, 0.05) is 6.42 Å². The van der Waals surface area contributed by atoms with E-state index < -0.39 is 49.5 Å². The molecule has 0 bridgehead atoms. The van der Waals surface area contributed by atoms with Gasteiger partial charge in [-0.15, -0.1) is 0 Å². The number of amides is 1. The maximum atomic E-state index is 13.1. The van der Waals surface area contributed by atoms with Crippen LogP contribution in [0.4, 0.5) is 0 Å². The second-order valence-electron chi connectivity index (χ2n) is 24.0. The summed E-state index contributed by atoms with van der Waals surface area (Å²) in [6, 6.07) is -0.803. The minimum absolute atomic E-state index is 0.170. The number of ether oxygens (including phenoxy) is 2. The lowest BCUT2D eigenvalue weighted by atomic mass is 9.99. The zero-order chi connectivity index (χ0) is 55.8. The van der Waals surface area contributed by atoms with Crippen LogP contribution in [0.2, 0.25) is 0 Å². The Morgan fingerprint density at radius 3 is 1.05 bits per heavy atom. The van der Waals surface area contributed by atoms with Gasteiger partial charge in [-0.25, -0.2) is 0 Å². The molecule has 7 unspecified atom stereocenters. The van der Waals surface area contributed by atoms with Crippen LogP contribution in [0.25, 0.3) is 0 Å². The van der Waals surface area contributed by atoms with Crippen molar-refractivity contribution in [3.8, 4) is 0 Å². The lowest BCUT2D eigenvalue weighted by molar-refractivity contribution is -0.302. The molecular weight excluding hydrogens is 959 g/mol. The maximum Gasteiger partial charge on any atom is 0.220 e. The summed E-state index contributed by atoms with van der Waals surface area (Å²) in [6.07, 6.45) is 68.6. The Bertz CT molecular complexity index is 1260. The van der Waals surface area contributed by atoms with Gasteiger partial charge in [0.25, 0.3) is 0 Å². The molecule has 77 heavy (non-hydrogen) atoms. The van der Waals surface area contributed by atoms with Crippen molar-refractivity contribution < 1.29 is 39.8 Å². The van der Waals surface area contributed by atoms with Gasteiger partial charge in [0.2, 0.25) is 5.91 Å². The van der Waals surface area contributed by atoms with E-state index in [1.807, 2.05) is 6.08 Å². The lowest BCUT2D eigenvalue weighted by Crippen LogP contribution is -2.60. The molecule has 7 atom stereocenters. The van der Waals surface area contributed by atoms with Gasteiger partial charge >= 0.3 is 0 Å². The molecule has 0 aliphatic carbocycles. The highest BCUT2D eigenvalue weighted by molar-refractivity contribution is 5.76. The second-order valence-corrected chi connectivity index (χ2v) is 24.0. The highest BCUT2D eigenvalue weighted by atomic mass is 16.7. The summed E-state index contributed by atoms with van der Waals surface area (Å²) in [7, 11) is 0. The molecule has 1 rings (SSSR count). The van der Waals surface area contributed by atoms with Crippen LogP contribution in [0.3, 0.4) is 0 Å². The Kier molecular flexibility index (Phi) is 55.4. The van der Waals surface area contributed by atoms with E-state index in [1.165, 1.54) is 289 Å². The van der Waals surface area contributed by atoms with Crippen LogP contribution in [0.1, 0.15) is 348 Å². The van der Waals surface area contributed by atoms with Gasteiger partial charge < -0.3 is 40.3 Å². The summed E-state index contributed by atoms with van der Waals surface area (Å²) in [6.45, 7) is 3.83. The molecule has 456 valence electrons. The summed E-state index contributed by atoms with van der Waals surface area (Å²) in [5.74, 6) is -0.170. The fourth-order valence-corrected chi connectivity index (χ4v) is 11.2. The number of carbonyl (C=O) groups excluding carboxylic acids is 1. The van der Waals surface area contributed by atoms with Crippen molar-refractivity contribution in [1.29, 1.82) is 0 Å². The number of unbranched alkanes of at least 4 members (excludes halogenated alkanes) is 48. The molecule has 9 nitrogen and oxygen atoms in total. The SMILES string of the molecule is CCCCCCCCCCCCCCCCC/C=C/C(O)C(COC1OC(CO)C(O)C(O)C1O)NC(=O)CCCCCCCCCCCCCCCCCCC/C=C\CCCCCCCCCCCCCCCCCC. The third-order valence-corrected chi connectivity index (χ3v) is 16.5. The number of rotatable bonds is 60. The summed E-state index contributed by atoms with van der Waals surface area (Å²) >= 11 is 0. The minimum Gasteiger partial charge on any atom is -0.394 e. The monoisotopic (exact) mass is 1090 g/mol. The van der Waals surface area contributed by atoms with Gasteiger partial charge in [0.1, 0.15) is 24.4 Å². The van der Waals surface area contributed by atoms with Crippen molar-refractivity contribution in [2.45, 2.75) is 391 Å². The molecule has 1 amide bonds. The Morgan fingerprint density at radius 1 is 0.429 bits per heavy atom. The second kappa shape index (κ2) is 57.9. The number of aliphatic hydroxyl groups excluding tert-OH is 5. The van der Waals surface area contributed by atoms with Gasteiger partial charge in [-0.2, -0.15) is 0 Å². The minimum atomic E-state index is -1.57. The van der Waals surface area contributed by atoms with Crippen molar-refractivity contribution in [2.24, 2.45) is 0 Å². The predicted octanol–water partition coefficient (Wildman–Crippen LogP) is 18.1. The van der Waals surface area contributed by atoms with Crippen molar-refractivity contribution in [3.05, 3.63) is 24.3 Å². The first-order valence-electron chi connectivity index (χ1n) is 34.1. The Morgan fingerprint density at radius 2 is 0.727 bits per heavy atom. The van der Waals surface area contributed by atoms with Crippen LogP contribution in [0, 0.1) is 0 Å². The molecule has 0 saturated carbocycles. The molecule has 6 N–H and O–H groups in total. The van der Waals surface area contributed by atoms with E-state index >= 15 is 0 Å². The van der Waals surface area contributed by atoms with Crippen LogP contribution >= 0.6 is 0 Å². The summed E-state index contributed by atoms with van der Waals surface area (Å²) < 4.78 is 11.3. The van der Waals surface area contributed by atoms with E-state index in [2.05, 4.69) is 31.3 Å². The predicted molar refractivity (Wildman–Crippen MR) is 327 cm³/mol. The molecule has 0 aromatic carbocycles. The number of hydrogen-bond donors (Lipinski definition) is 6. The molecule has 9 heteroatoms. The van der Waals surface area contributed by atoms with Gasteiger partial charge in [0.05, 0.1) is 25.4 Å². The molecule has 1 aliphatic heterocycles. The average Bonchev–Trinajstić information content (AvgIpc) is 3.43. The van der Waals surface area contributed by atoms with Crippen LogP contribution in [-0.4, -0.2) is 87.5 Å². The highest BCUT2D eigenvalue weighted by Gasteiger charge is 2.44. The third-order valence-electron chi connectivity index (χ3n) is 16.5. The first-order chi connectivity index (χ1) is 37.8. The first kappa shape index (κ1) is 73.7. The maximum absolute atomic E-state index is 13.1. The van der Waals surface area contributed by atoms with Crippen molar-refractivity contribution in [3.63, 3.8) is 0 Å². The van der Waals surface area contributed by atoms with Crippen LogP contribution in [0.5, 0.6) is 0 Å². The van der Waals surface area contributed by atoms with E-state index in [0.717, 1.165) is 38.5 Å². The van der Waals surface area contributed by atoms with Crippen LogP contribution < -0.4 is 5.32 Å². The summed E-state index contributed by atoms with van der Waals surface area (Å²) in [5.41, 5.74) is 0. The highest BCUT2D eigenvalue weighted by Crippen LogP contribution is 2.23. The normalized spacial score (nSPS) is 18.8. The van der Waals surface area contributed by atoms with Gasteiger partial charge in [0.15, 0.2) is 6.29 Å². The van der Waals surface area contributed by atoms with Crippen molar-refractivity contribution >= 4 is 5.91 Å². The molecule has 1 fully saturated rings. The molecule has 1 heterocycles. The Balaban J connectivity index is 2.06. The molecular formula is C68H131NO8. The van der Waals surface area contributed by atoms with E-state index in [-0.39, 0.29) is 12.5 Å². The van der Waals surface area contributed by atoms with E-state index in [0.29, 0.717) is 6.42 Å². The third kappa shape index (κ3) is 46.9. The molecule has 1 aliphatic rings. The number of hydrogen-bond acceptors (Lipinski definition) is 8. The lowest BCUT2D eigenvalue weighted by Gasteiger charge is -2.40. The van der Waals surface area contributed by atoms with E-state index in [1.54, 1.807) is 6.08 Å². The molecule has 0 aromatic heterocycles. The van der Waals surface area contributed by atoms with Crippen molar-refractivity contribution in [2.75, 3.05) is 13.2 Å². The van der Waals surface area contributed by atoms with E-state index in [4.69, 9.17) is 9.47 Å². The number of allylic oxidation sites excluding steroid dienone is 3. The zero-order valence-corrected chi connectivity index (χ0v) is 51.0. The van der Waals surface area contributed by atoms with Crippen LogP contribution in [0.15, 0.2) is 24.3 Å². The smallest absolute Gasteiger partial charge is 0.220 e.